The molecule has 1 aliphatic rings. The van der Waals surface area contributed by atoms with Crippen molar-refractivity contribution in [2.45, 2.75) is 19.0 Å². The van der Waals surface area contributed by atoms with Crippen LogP contribution in [-0.4, -0.2) is 36.0 Å². The van der Waals surface area contributed by atoms with E-state index in [1.54, 1.807) is 30.2 Å². The van der Waals surface area contributed by atoms with E-state index in [4.69, 9.17) is 4.74 Å². The van der Waals surface area contributed by atoms with Gasteiger partial charge in [-0.05, 0) is 43.2 Å². The summed E-state index contributed by atoms with van der Waals surface area (Å²) in [7, 11) is 1.63. The molecule has 0 fully saturated rings. The van der Waals surface area contributed by atoms with Gasteiger partial charge in [-0.3, -0.25) is 14.9 Å². The minimum absolute atomic E-state index is 0.0193. The summed E-state index contributed by atoms with van der Waals surface area (Å²) in [6.07, 6.45) is 0.689. The van der Waals surface area contributed by atoms with Crippen LogP contribution in [0.5, 0.6) is 0 Å². The first-order valence-corrected chi connectivity index (χ1v) is 8.40. The molecule has 26 heavy (non-hydrogen) atoms. The first-order valence-electron chi connectivity index (χ1n) is 8.40. The number of para-hydroxylation sites is 1. The number of carbonyl (C=O) groups excluding carboxylic acids is 1. The number of methoxy groups -OCH3 is 1. The smallest absolute Gasteiger partial charge is 0.269 e. The van der Waals surface area contributed by atoms with Crippen molar-refractivity contribution in [3.05, 3.63) is 69.8 Å². The number of benzene rings is 2. The van der Waals surface area contributed by atoms with Crippen molar-refractivity contribution < 1.29 is 14.5 Å². The number of hydrogen-bond donors (Lipinski definition) is 1. The molecule has 0 aliphatic carbocycles. The maximum Gasteiger partial charge on any atom is 0.269 e. The van der Waals surface area contributed by atoms with Crippen LogP contribution in [0.1, 0.15) is 29.3 Å². The van der Waals surface area contributed by atoms with Crippen LogP contribution >= 0.6 is 0 Å². The van der Waals surface area contributed by atoms with Gasteiger partial charge in [-0.25, -0.2) is 0 Å². The van der Waals surface area contributed by atoms with Crippen molar-refractivity contribution in [1.29, 1.82) is 0 Å². The zero-order valence-electron chi connectivity index (χ0n) is 14.8. The molecule has 0 saturated carbocycles. The zero-order valence-corrected chi connectivity index (χ0v) is 14.8. The number of amides is 1. The highest BCUT2D eigenvalue weighted by Gasteiger charge is 2.42. The number of nitrogens with zero attached hydrogens (tertiary/aromatic N) is 2. The van der Waals surface area contributed by atoms with E-state index in [0.717, 1.165) is 11.3 Å². The van der Waals surface area contributed by atoms with E-state index in [1.165, 1.54) is 12.1 Å². The number of nitro benzene ring substituents is 1. The van der Waals surface area contributed by atoms with Crippen LogP contribution in [0.3, 0.4) is 0 Å². The topological polar surface area (TPSA) is 84.7 Å². The van der Waals surface area contributed by atoms with Crippen LogP contribution in [0.15, 0.2) is 48.5 Å². The molecule has 2 aromatic rings. The Labute approximate surface area is 151 Å². The lowest BCUT2D eigenvalue weighted by molar-refractivity contribution is -0.384. The van der Waals surface area contributed by atoms with E-state index < -0.39 is 10.6 Å². The van der Waals surface area contributed by atoms with Gasteiger partial charge in [0.2, 0.25) is 0 Å². The Balaban J connectivity index is 2.02. The minimum Gasteiger partial charge on any atom is -0.385 e. The summed E-state index contributed by atoms with van der Waals surface area (Å²) in [6.45, 7) is 2.96. The second kappa shape index (κ2) is 7.13. The van der Waals surface area contributed by atoms with Crippen LogP contribution in [-0.2, 0) is 10.4 Å². The lowest BCUT2D eigenvalue weighted by Gasteiger charge is -2.46. The average Bonchev–Trinajstić information content (AvgIpc) is 2.64. The lowest BCUT2D eigenvalue weighted by atomic mass is 9.93. The van der Waals surface area contributed by atoms with Gasteiger partial charge in [0.1, 0.15) is 5.66 Å². The molecular formula is C19H21N3O4. The summed E-state index contributed by atoms with van der Waals surface area (Å²) >= 11 is 0. The van der Waals surface area contributed by atoms with Crippen molar-refractivity contribution in [1.82, 2.24) is 4.90 Å². The predicted octanol–water partition coefficient (Wildman–Crippen LogP) is 3.37. The number of fused-ring (bicyclic) bond motifs is 1. The molecule has 0 aromatic heterocycles. The van der Waals surface area contributed by atoms with Gasteiger partial charge in [0.15, 0.2) is 0 Å². The van der Waals surface area contributed by atoms with Gasteiger partial charge < -0.3 is 15.0 Å². The second-order valence-electron chi connectivity index (χ2n) is 6.35. The molecule has 2 aromatic carbocycles. The highest BCUT2D eigenvalue weighted by Crippen LogP contribution is 2.38. The fourth-order valence-corrected chi connectivity index (χ4v) is 3.28. The van der Waals surface area contributed by atoms with Crippen molar-refractivity contribution >= 4 is 17.3 Å². The van der Waals surface area contributed by atoms with Gasteiger partial charge in [0.05, 0.1) is 10.5 Å². The Morgan fingerprint density at radius 1 is 1.19 bits per heavy atom. The van der Waals surface area contributed by atoms with E-state index >= 15 is 0 Å². The van der Waals surface area contributed by atoms with Gasteiger partial charge in [0.25, 0.3) is 11.6 Å². The number of carbonyl (C=O) groups is 1. The number of non-ortho nitro benzene ring substituents is 1. The van der Waals surface area contributed by atoms with E-state index in [9.17, 15) is 14.9 Å². The summed E-state index contributed by atoms with van der Waals surface area (Å²) in [5.74, 6) is -0.0729. The van der Waals surface area contributed by atoms with Crippen molar-refractivity contribution in [2.75, 3.05) is 25.6 Å². The van der Waals surface area contributed by atoms with Crippen molar-refractivity contribution in [3.8, 4) is 0 Å². The first-order chi connectivity index (χ1) is 12.5. The summed E-state index contributed by atoms with van der Waals surface area (Å²) in [4.78, 5) is 25.4. The zero-order chi connectivity index (χ0) is 18.7. The molecule has 1 heterocycles. The van der Waals surface area contributed by atoms with E-state index in [2.05, 4.69) is 5.32 Å². The minimum atomic E-state index is -0.811. The number of nitrogens with one attached hydrogen (secondary N) is 1. The Morgan fingerprint density at radius 3 is 2.54 bits per heavy atom. The molecule has 1 unspecified atom stereocenters. The molecule has 1 atom stereocenters. The molecule has 7 nitrogen and oxygen atoms in total. The van der Waals surface area contributed by atoms with Crippen LogP contribution in [0.25, 0.3) is 0 Å². The third-order valence-electron chi connectivity index (χ3n) is 4.69. The van der Waals surface area contributed by atoms with E-state index in [-0.39, 0.29) is 11.6 Å². The van der Waals surface area contributed by atoms with E-state index in [1.807, 2.05) is 25.1 Å². The largest absolute Gasteiger partial charge is 0.385 e. The van der Waals surface area contributed by atoms with Gasteiger partial charge >= 0.3 is 0 Å². The van der Waals surface area contributed by atoms with Crippen LogP contribution in [0, 0.1) is 10.1 Å². The molecule has 1 N–H and O–H groups in total. The maximum absolute atomic E-state index is 13.1. The number of nitro groups is 1. The highest BCUT2D eigenvalue weighted by molar-refractivity contribution is 6.02. The highest BCUT2D eigenvalue weighted by atomic mass is 16.6. The molecule has 7 heteroatoms. The second-order valence-corrected chi connectivity index (χ2v) is 6.35. The van der Waals surface area contributed by atoms with Crippen molar-refractivity contribution in [2.24, 2.45) is 0 Å². The molecule has 0 saturated heterocycles. The molecule has 3 rings (SSSR count). The molecule has 1 amide bonds. The van der Waals surface area contributed by atoms with E-state index in [0.29, 0.717) is 25.1 Å². The summed E-state index contributed by atoms with van der Waals surface area (Å²) in [5, 5.41) is 14.4. The van der Waals surface area contributed by atoms with Gasteiger partial charge in [-0.15, -0.1) is 0 Å². The Morgan fingerprint density at radius 2 is 1.88 bits per heavy atom. The first kappa shape index (κ1) is 17.9. The maximum atomic E-state index is 13.1. The fourth-order valence-electron chi connectivity index (χ4n) is 3.28. The van der Waals surface area contributed by atoms with Crippen molar-refractivity contribution in [3.63, 3.8) is 0 Å². The Bertz CT molecular complexity index is 822. The molecule has 0 bridgehead atoms. The normalized spacial score (nSPS) is 19.0. The fraction of sp³-hybridized carbons (Fsp3) is 0.316. The quantitative estimate of drug-likeness (QED) is 0.488. The van der Waals surface area contributed by atoms with Gasteiger partial charge in [0, 0.05) is 38.1 Å². The number of hydrogen-bond acceptors (Lipinski definition) is 5. The number of rotatable bonds is 6. The molecule has 1 aliphatic heterocycles. The SMILES string of the molecule is COCCCN1C(=O)c2ccccc2NC1(C)c1ccc([N+](=O)[O-])cc1. The van der Waals surface area contributed by atoms with Gasteiger partial charge in [-0.2, -0.15) is 0 Å². The third-order valence-corrected chi connectivity index (χ3v) is 4.69. The Hall–Kier alpha value is -2.93. The van der Waals surface area contributed by atoms with Crippen LogP contribution in [0.4, 0.5) is 11.4 Å². The van der Waals surface area contributed by atoms with Crippen LogP contribution in [0.2, 0.25) is 0 Å². The predicted molar refractivity (Wildman–Crippen MR) is 98.0 cm³/mol. The standard InChI is InChI=1S/C19H21N3O4/c1-19(14-8-10-15(11-9-14)22(24)25)20-17-7-4-3-6-16(17)18(23)21(19)12-5-13-26-2/h3-4,6-11,20H,5,12-13H2,1-2H3. The molecule has 136 valence electrons. The third kappa shape index (κ3) is 3.13. The average molecular weight is 355 g/mol. The molecule has 0 spiro atoms. The monoisotopic (exact) mass is 355 g/mol. The van der Waals surface area contributed by atoms with Gasteiger partial charge in [-0.1, -0.05) is 12.1 Å². The Kier molecular flexibility index (Phi) is 4.90. The summed E-state index contributed by atoms with van der Waals surface area (Å²) in [5.41, 5.74) is 1.36. The molecule has 0 radical (unpaired) electrons. The summed E-state index contributed by atoms with van der Waals surface area (Å²) in [6, 6.07) is 13.7. The lowest BCUT2D eigenvalue weighted by Crippen LogP contribution is -2.56. The summed E-state index contributed by atoms with van der Waals surface area (Å²) < 4.78 is 5.12. The number of anilines is 1. The molecular weight excluding hydrogens is 334 g/mol. The van der Waals surface area contributed by atoms with Crippen LogP contribution < -0.4 is 5.32 Å². The number of ether oxygens (including phenoxy) is 1.